The van der Waals surface area contributed by atoms with Gasteiger partial charge in [-0.2, -0.15) is 0 Å². The first-order chi connectivity index (χ1) is 15.7. The quantitative estimate of drug-likeness (QED) is 0.466. The summed E-state index contributed by atoms with van der Waals surface area (Å²) < 4.78 is 16.8. The predicted molar refractivity (Wildman–Crippen MR) is 127 cm³/mol. The molecule has 1 N–H and O–H groups in total. The lowest BCUT2D eigenvalue weighted by atomic mass is 9.55. The van der Waals surface area contributed by atoms with Crippen molar-refractivity contribution in [1.29, 1.82) is 0 Å². The Hall–Kier alpha value is -2.05. The number of aliphatic hydroxyl groups excluding tert-OH is 1. The third-order valence-electron chi connectivity index (χ3n) is 8.15. The molecule has 0 unspecified atom stereocenters. The maximum atomic E-state index is 13.0. The highest BCUT2D eigenvalue weighted by Gasteiger charge is 2.55. The molecule has 1 aliphatic heterocycles. The number of esters is 1. The van der Waals surface area contributed by atoms with Crippen LogP contribution >= 0.6 is 0 Å². The Balaban J connectivity index is 1.51. The van der Waals surface area contributed by atoms with Gasteiger partial charge in [0.05, 0.1) is 26.2 Å². The average Bonchev–Trinajstić information content (AvgIpc) is 3.05. The van der Waals surface area contributed by atoms with E-state index in [9.17, 15) is 9.90 Å². The molecule has 1 heterocycles. The smallest absolute Gasteiger partial charge is 0.310 e. The second-order valence-corrected chi connectivity index (χ2v) is 10.6. The summed E-state index contributed by atoms with van der Waals surface area (Å²) in [5.41, 5.74) is 2.60. The van der Waals surface area contributed by atoms with E-state index in [0.717, 1.165) is 24.8 Å². The van der Waals surface area contributed by atoms with Gasteiger partial charge in [0.1, 0.15) is 6.10 Å². The van der Waals surface area contributed by atoms with Crippen LogP contribution in [-0.2, 0) is 16.1 Å². The van der Waals surface area contributed by atoms with Crippen molar-refractivity contribution in [2.24, 2.45) is 23.2 Å². The molecule has 182 valence electrons. The number of methoxy groups -OCH3 is 2. The molecular formula is C27H39NO5. The van der Waals surface area contributed by atoms with E-state index in [4.69, 9.17) is 14.2 Å². The van der Waals surface area contributed by atoms with Crippen LogP contribution in [0.1, 0.15) is 51.5 Å². The fourth-order valence-electron chi connectivity index (χ4n) is 6.56. The second-order valence-electron chi connectivity index (χ2n) is 10.6. The molecule has 0 spiro atoms. The molecule has 1 aromatic rings. The van der Waals surface area contributed by atoms with Gasteiger partial charge in [0.25, 0.3) is 0 Å². The van der Waals surface area contributed by atoms with Crippen LogP contribution in [0.4, 0.5) is 0 Å². The first-order valence-corrected chi connectivity index (χ1v) is 12.2. The summed E-state index contributed by atoms with van der Waals surface area (Å²) >= 11 is 0. The first kappa shape index (κ1) is 24.1. The number of hydrogen-bond donors (Lipinski definition) is 1. The van der Waals surface area contributed by atoms with Gasteiger partial charge < -0.3 is 19.3 Å². The fourth-order valence-corrected chi connectivity index (χ4v) is 6.56. The van der Waals surface area contributed by atoms with Gasteiger partial charge in [0.2, 0.25) is 0 Å². The third kappa shape index (κ3) is 4.92. The number of aliphatic hydroxyl groups is 1. The minimum atomic E-state index is -0.494. The first-order valence-electron chi connectivity index (χ1n) is 12.2. The van der Waals surface area contributed by atoms with E-state index in [1.807, 2.05) is 18.2 Å². The number of benzene rings is 1. The number of carbonyl (C=O) groups excluding carboxylic acids is 1. The van der Waals surface area contributed by atoms with E-state index in [1.54, 1.807) is 21.1 Å². The molecular weight excluding hydrogens is 418 g/mol. The Morgan fingerprint density at radius 3 is 2.76 bits per heavy atom. The monoisotopic (exact) mass is 457 g/mol. The highest BCUT2D eigenvalue weighted by atomic mass is 16.6. The number of ether oxygens (including phenoxy) is 3. The van der Waals surface area contributed by atoms with Gasteiger partial charge in [-0.3, -0.25) is 9.69 Å². The molecule has 6 nitrogen and oxygen atoms in total. The summed E-state index contributed by atoms with van der Waals surface area (Å²) in [6.07, 6.45) is 4.91. The molecule has 3 aliphatic rings. The van der Waals surface area contributed by atoms with Gasteiger partial charge in [-0.15, -0.1) is 0 Å². The number of nitrogens with zero attached hydrogens (tertiary/aromatic N) is 1. The van der Waals surface area contributed by atoms with Gasteiger partial charge in [0.15, 0.2) is 11.5 Å². The molecule has 2 saturated carbocycles. The lowest BCUT2D eigenvalue weighted by Crippen LogP contribution is -2.46. The minimum absolute atomic E-state index is 0.00382. The van der Waals surface area contributed by atoms with Crippen LogP contribution in [0.5, 0.6) is 11.5 Å². The molecule has 0 bridgehead atoms. The van der Waals surface area contributed by atoms with Crippen molar-refractivity contribution in [2.75, 3.05) is 27.3 Å². The summed E-state index contributed by atoms with van der Waals surface area (Å²) in [7, 11) is 3.25. The van der Waals surface area contributed by atoms with Crippen molar-refractivity contribution in [2.45, 2.75) is 64.7 Å². The van der Waals surface area contributed by atoms with Crippen LogP contribution in [0.3, 0.4) is 0 Å². The van der Waals surface area contributed by atoms with Crippen molar-refractivity contribution < 1.29 is 24.1 Å². The summed E-state index contributed by atoms with van der Waals surface area (Å²) in [6.45, 7) is 10.2. The maximum absolute atomic E-state index is 13.0. The molecule has 3 fully saturated rings. The highest BCUT2D eigenvalue weighted by molar-refractivity contribution is 5.75. The SMILES string of the molecule is C=C1CCC[C@]2(C)C[C@H]3OC(=O)[C@H](CN(Cc4ccc(OC)c(OC)c4)C[C@H](C)O)[C@H]3C[C@H]12. The van der Waals surface area contributed by atoms with Crippen molar-refractivity contribution >= 4 is 5.97 Å². The number of hydrogen-bond acceptors (Lipinski definition) is 6. The summed E-state index contributed by atoms with van der Waals surface area (Å²) in [6, 6.07) is 5.86. The van der Waals surface area contributed by atoms with E-state index in [0.29, 0.717) is 37.1 Å². The van der Waals surface area contributed by atoms with Gasteiger partial charge in [0, 0.05) is 25.6 Å². The van der Waals surface area contributed by atoms with Crippen LogP contribution in [0.15, 0.2) is 30.4 Å². The van der Waals surface area contributed by atoms with Gasteiger partial charge in [-0.25, -0.2) is 0 Å². The van der Waals surface area contributed by atoms with Gasteiger partial charge in [-0.05, 0) is 68.1 Å². The summed E-state index contributed by atoms with van der Waals surface area (Å²) in [4.78, 5) is 15.2. The normalized spacial score (nSPS) is 32.2. The second kappa shape index (κ2) is 9.67. The Kier molecular flexibility index (Phi) is 7.06. The number of fused-ring (bicyclic) bond motifs is 2. The number of allylic oxidation sites excluding steroid dienone is 1. The van der Waals surface area contributed by atoms with Crippen LogP contribution in [0, 0.1) is 23.2 Å². The topological polar surface area (TPSA) is 68.2 Å². The van der Waals surface area contributed by atoms with Crippen molar-refractivity contribution in [3.05, 3.63) is 35.9 Å². The Bertz CT molecular complexity index is 883. The fraction of sp³-hybridized carbons (Fsp3) is 0.667. The zero-order valence-electron chi connectivity index (χ0n) is 20.5. The van der Waals surface area contributed by atoms with Crippen LogP contribution in [0.25, 0.3) is 0 Å². The molecule has 4 rings (SSSR count). The summed E-state index contributed by atoms with van der Waals surface area (Å²) in [5, 5.41) is 10.2. The standard InChI is InChI=1S/C27H39NO5/c1-17-7-6-10-27(3)13-25-20(12-22(17)27)21(26(30)33-25)16-28(14-18(2)29)15-19-8-9-23(31-4)24(11-19)32-5/h8-9,11,18,20-22,25,29H,1,6-7,10,12-16H2,2-5H3/t18-,20+,21+,22+,25+,27+/m0/s1. The molecule has 1 aromatic carbocycles. The van der Waals surface area contributed by atoms with E-state index < -0.39 is 6.10 Å². The maximum Gasteiger partial charge on any atom is 0.310 e. The Morgan fingerprint density at radius 1 is 1.30 bits per heavy atom. The van der Waals surface area contributed by atoms with E-state index in [1.165, 1.54) is 18.4 Å². The van der Waals surface area contributed by atoms with Crippen LogP contribution < -0.4 is 9.47 Å². The van der Waals surface area contributed by atoms with Gasteiger partial charge in [-0.1, -0.05) is 25.1 Å². The largest absolute Gasteiger partial charge is 0.493 e. The lowest BCUT2D eigenvalue weighted by molar-refractivity contribution is -0.146. The molecule has 0 radical (unpaired) electrons. The van der Waals surface area contributed by atoms with E-state index >= 15 is 0 Å². The van der Waals surface area contributed by atoms with E-state index in [-0.39, 0.29) is 29.3 Å². The van der Waals surface area contributed by atoms with Crippen LogP contribution in [0.2, 0.25) is 0 Å². The average molecular weight is 458 g/mol. The highest BCUT2D eigenvalue weighted by Crippen LogP contribution is 2.57. The third-order valence-corrected chi connectivity index (χ3v) is 8.15. The zero-order valence-corrected chi connectivity index (χ0v) is 20.5. The molecule has 6 heteroatoms. The van der Waals surface area contributed by atoms with Crippen LogP contribution in [-0.4, -0.2) is 55.5 Å². The Morgan fingerprint density at radius 2 is 2.06 bits per heavy atom. The van der Waals surface area contributed by atoms with E-state index in [2.05, 4.69) is 18.4 Å². The number of carbonyl (C=O) groups is 1. The minimum Gasteiger partial charge on any atom is -0.493 e. The lowest BCUT2D eigenvalue weighted by Gasteiger charge is -2.50. The zero-order chi connectivity index (χ0) is 23.8. The molecule has 1 saturated heterocycles. The number of rotatable bonds is 8. The van der Waals surface area contributed by atoms with Crippen molar-refractivity contribution in [3.8, 4) is 11.5 Å². The molecule has 33 heavy (non-hydrogen) atoms. The van der Waals surface area contributed by atoms with Crippen molar-refractivity contribution in [3.63, 3.8) is 0 Å². The van der Waals surface area contributed by atoms with Gasteiger partial charge >= 0.3 is 5.97 Å². The van der Waals surface area contributed by atoms with Crippen molar-refractivity contribution in [1.82, 2.24) is 4.90 Å². The Labute approximate surface area is 197 Å². The molecule has 2 aliphatic carbocycles. The molecule has 0 amide bonds. The predicted octanol–water partition coefficient (Wildman–Crippen LogP) is 4.20. The summed E-state index contributed by atoms with van der Waals surface area (Å²) in [5.74, 6) is 1.79. The molecule has 6 atom stereocenters. The molecule has 0 aromatic heterocycles.